The molecule has 8 atom stereocenters. The Balaban J connectivity index is 0.987. The first-order chi connectivity index (χ1) is 22.5. The Morgan fingerprint density at radius 1 is 1.00 bits per heavy atom. The van der Waals surface area contributed by atoms with Crippen LogP contribution in [0.4, 0.5) is 0 Å². The van der Waals surface area contributed by atoms with Crippen LogP contribution in [0.15, 0.2) is 33.0 Å². The lowest BCUT2D eigenvalue weighted by molar-refractivity contribution is -0.153. The fourth-order valence-electron chi connectivity index (χ4n) is 11.7. The summed E-state index contributed by atoms with van der Waals surface area (Å²) in [6.45, 7) is 14.3. The van der Waals surface area contributed by atoms with Crippen molar-refractivity contribution in [3.63, 3.8) is 0 Å². The summed E-state index contributed by atoms with van der Waals surface area (Å²) in [6, 6.07) is 3.83. The van der Waals surface area contributed by atoms with Gasteiger partial charge in [-0.1, -0.05) is 65.5 Å². The van der Waals surface area contributed by atoms with Gasteiger partial charge in [0.15, 0.2) is 6.61 Å². The van der Waals surface area contributed by atoms with Crippen molar-refractivity contribution in [1.82, 2.24) is 0 Å². The lowest BCUT2D eigenvalue weighted by Crippen LogP contribution is -2.51. The van der Waals surface area contributed by atoms with E-state index in [1.807, 2.05) is 19.1 Å². The van der Waals surface area contributed by atoms with Gasteiger partial charge >= 0.3 is 11.6 Å². The molecule has 0 spiro atoms. The largest absolute Gasteiger partial charge is 0.481 e. The van der Waals surface area contributed by atoms with Crippen LogP contribution in [0.25, 0.3) is 11.0 Å². The first kappa shape index (κ1) is 33.0. The van der Waals surface area contributed by atoms with Gasteiger partial charge in [0.05, 0.1) is 5.39 Å². The third kappa shape index (κ3) is 5.90. The minimum atomic E-state index is -0.315. The Hall–Kier alpha value is -2.56. The first-order valence-electron chi connectivity index (χ1n) is 19.1. The first-order valence-corrected chi connectivity index (χ1v) is 19.1. The van der Waals surface area contributed by atoms with Crippen molar-refractivity contribution in [3.8, 4) is 5.75 Å². The molecule has 5 aliphatic rings. The maximum atomic E-state index is 13.2. The molecule has 5 aliphatic carbocycles. The molecule has 0 bridgehead atoms. The number of carbonyl (C=O) groups is 1. The number of allylic oxidation sites excluding steroid dienone is 1. The molecule has 5 heteroatoms. The Bertz CT molecular complexity index is 1600. The van der Waals surface area contributed by atoms with E-state index in [1.165, 1.54) is 51.4 Å². The van der Waals surface area contributed by atoms with E-state index in [2.05, 4.69) is 40.7 Å². The number of hydrogen-bond acceptors (Lipinski definition) is 5. The second-order valence-electron chi connectivity index (χ2n) is 17.3. The van der Waals surface area contributed by atoms with Crippen molar-refractivity contribution in [3.05, 3.63) is 50.9 Å². The molecule has 1 heterocycles. The van der Waals surface area contributed by atoms with Crippen LogP contribution in [0.3, 0.4) is 0 Å². The SMILES string of the molecule is Cc1cc(OCC(=O)OC2CCC3(C)C(=CCC4C3CCC3(C)C(C(C)CCCC(C)C)CCC43)C2)c2c3c(c(=O)oc2c1)CCC3. The molecule has 0 amide bonds. The molecule has 3 fully saturated rings. The van der Waals surface area contributed by atoms with Gasteiger partial charge in [-0.25, -0.2) is 9.59 Å². The minimum absolute atomic E-state index is 0.0881. The molecular weight excluding hydrogens is 584 g/mol. The molecule has 0 radical (unpaired) electrons. The van der Waals surface area contributed by atoms with Crippen molar-refractivity contribution in [1.29, 1.82) is 0 Å². The Morgan fingerprint density at radius 2 is 1.81 bits per heavy atom. The smallest absolute Gasteiger partial charge is 0.344 e. The molecule has 0 saturated heterocycles. The maximum Gasteiger partial charge on any atom is 0.344 e. The second kappa shape index (κ2) is 12.7. The number of hydrogen-bond donors (Lipinski definition) is 0. The molecule has 1 aromatic carbocycles. The number of esters is 1. The normalized spacial score (nSPS) is 33.5. The molecular formula is C42H58O5. The van der Waals surface area contributed by atoms with E-state index in [-0.39, 0.29) is 29.7 Å². The monoisotopic (exact) mass is 642 g/mol. The van der Waals surface area contributed by atoms with Crippen molar-refractivity contribution in [2.75, 3.05) is 6.61 Å². The Labute approximate surface area is 282 Å². The third-order valence-corrected chi connectivity index (χ3v) is 14.1. The van der Waals surface area contributed by atoms with E-state index >= 15 is 0 Å². The van der Waals surface area contributed by atoms with Gasteiger partial charge in [-0.15, -0.1) is 0 Å². The van der Waals surface area contributed by atoms with Crippen LogP contribution in [-0.2, 0) is 22.4 Å². The van der Waals surface area contributed by atoms with E-state index in [9.17, 15) is 9.59 Å². The predicted molar refractivity (Wildman–Crippen MR) is 188 cm³/mol. The highest BCUT2D eigenvalue weighted by molar-refractivity contribution is 5.89. The molecule has 47 heavy (non-hydrogen) atoms. The van der Waals surface area contributed by atoms with Crippen molar-refractivity contribution in [2.45, 2.75) is 138 Å². The van der Waals surface area contributed by atoms with Gasteiger partial charge in [0.2, 0.25) is 0 Å². The summed E-state index contributed by atoms with van der Waals surface area (Å²) in [5.74, 6) is 5.24. The van der Waals surface area contributed by atoms with E-state index in [1.54, 1.807) is 5.57 Å². The van der Waals surface area contributed by atoms with Gasteiger partial charge in [-0.05, 0) is 141 Å². The summed E-state index contributed by atoms with van der Waals surface area (Å²) in [6.07, 6.45) is 18.8. The highest BCUT2D eigenvalue weighted by Crippen LogP contribution is 2.67. The van der Waals surface area contributed by atoms with E-state index < -0.39 is 0 Å². The molecule has 0 N–H and O–H groups in total. The summed E-state index contributed by atoms with van der Waals surface area (Å²) in [5, 5.41) is 0.837. The summed E-state index contributed by atoms with van der Waals surface area (Å²) in [5.41, 5.74) is 5.27. The number of rotatable bonds is 9. The standard InChI is InChI=1S/C42H58O5/c1-25(2)9-7-10-27(4)33-15-16-34-32-14-13-28-23-29(17-19-41(28,5)35(32)18-20-42(33,34)6)46-38(43)24-45-36-21-26(3)22-37-39(36)30-11-8-12-31(30)40(44)47-37/h13,21-22,25,27,29,32-35H,7-12,14-20,23-24H2,1-6H3. The zero-order chi connectivity index (χ0) is 33.1. The Kier molecular flexibility index (Phi) is 8.92. The molecule has 0 aliphatic heterocycles. The zero-order valence-electron chi connectivity index (χ0n) is 29.9. The van der Waals surface area contributed by atoms with Gasteiger partial charge in [-0.3, -0.25) is 0 Å². The predicted octanol–water partition coefficient (Wildman–Crippen LogP) is 9.92. The average Bonchev–Trinajstić information content (AvgIpc) is 3.65. The van der Waals surface area contributed by atoms with Crippen LogP contribution < -0.4 is 10.4 Å². The summed E-state index contributed by atoms with van der Waals surface area (Å²) in [7, 11) is 0. The fourth-order valence-corrected chi connectivity index (χ4v) is 11.7. The van der Waals surface area contributed by atoms with Gasteiger partial charge in [-0.2, -0.15) is 0 Å². The summed E-state index contributed by atoms with van der Waals surface area (Å²) >= 11 is 0. The molecule has 256 valence electrons. The Morgan fingerprint density at radius 3 is 2.62 bits per heavy atom. The van der Waals surface area contributed by atoms with Crippen LogP contribution in [0.1, 0.15) is 128 Å². The number of ether oxygens (including phenoxy) is 2. The van der Waals surface area contributed by atoms with Crippen molar-refractivity contribution < 1.29 is 18.7 Å². The number of fused-ring (bicyclic) bond motifs is 8. The minimum Gasteiger partial charge on any atom is -0.481 e. The molecule has 7 rings (SSSR count). The van der Waals surface area contributed by atoms with Gasteiger partial charge in [0.25, 0.3) is 0 Å². The number of carbonyl (C=O) groups excluding carboxylic acids is 1. The molecule has 1 aromatic heterocycles. The second-order valence-corrected chi connectivity index (χ2v) is 17.3. The average molecular weight is 643 g/mol. The lowest BCUT2D eigenvalue weighted by atomic mass is 9.47. The highest BCUT2D eigenvalue weighted by Gasteiger charge is 2.59. The highest BCUT2D eigenvalue weighted by atomic mass is 16.6. The summed E-state index contributed by atoms with van der Waals surface area (Å²) in [4.78, 5) is 25.7. The van der Waals surface area contributed by atoms with Crippen LogP contribution in [-0.4, -0.2) is 18.7 Å². The maximum absolute atomic E-state index is 13.2. The van der Waals surface area contributed by atoms with Crippen molar-refractivity contribution in [2.24, 2.45) is 46.3 Å². The topological polar surface area (TPSA) is 65.7 Å². The van der Waals surface area contributed by atoms with E-state index in [0.717, 1.165) is 96.1 Å². The number of benzene rings is 1. The van der Waals surface area contributed by atoms with Crippen LogP contribution in [0.2, 0.25) is 0 Å². The van der Waals surface area contributed by atoms with E-state index in [0.29, 0.717) is 16.7 Å². The fraction of sp³-hybridized carbons (Fsp3) is 0.714. The van der Waals surface area contributed by atoms with Crippen LogP contribution >= 0.6 is 0 Å². The number of aryl methyl sites for hydroxylation is 2. The molecule has 8 unspecified atom stereocenters. The molecule has 2 aromatic rings. The van der Waals surface area contributed by atoms with Crippen LogP contribution in [0.5, 0.6) is 5.75 Å². The van der Waals surface area contributed by atoms with Crippen molar-refractivity contribution >= 4 is 16.9 Å². The van der Waals surface area contributed by atoms with Gasteiger partial charge in [0, 0.05) is 12.0 Å². The van der Waals surface area contributed by atoms with Crippen LogP contribution in [0, 0.1) is 53.3 Å². The van der Waals surface area contributed by atoms with E-state index in [4.69, 9.17) is 13.9 Å². The van der Waals surface area contributed by atoms with Gasteiger partial charge < -0.3 is 13.9 Å². The quantitative estimate of drug-likeness (QED) is 0.155. The van der Waals surface area contributed by atoms with Gasteiger partial charge in [0.1, 0.15) is 17.4 Å². The lowest BCUT2D eigenvalue weighted by Gasteiger charge is -2.58. The molecule has 3 saturated carbocycles. The summed E-state index contributed by atoms with van der Waals surface area (Å²) < 4.78 is 17.9. The zero-order valence-corrected chi connectivity index (χ0v) is 29.9. The third-order valence-electron chi connectivity index (χ3n) is 14.1. The molecule has 5 nitrogen and oxygen atoms in total.